The maximum absolute atomic E-state index is 15.2. The van der Waals surface area contributed by atoms with Gasteiger partial charge in [-0.1, -0.05) is 144 Å². The molecule has 0 aliphatic carbocycles. The number of carbonyl (C=O) groups is 4. The van der Waals surface area contributed by atoms with E-state index in [9.17, 15) is 19.2 Å². The molecule has 8 rings (SSSR count). The van der Waals surface area contributed by atoms with E-state index < -0.39 is 57.0 Å². The van der Waals surface area contributed by atoms with Crippen LogP contribution in [0, 0.1) is 88.5 Å². The van der Waals surface area contributed by atoms with Crippen molar-refractivity contribution in [2.24, 2.45) is 5.41 Å². The maximum Gasteiger partial charge on any atom is 0.300 e. The van der Waals surface area contributed by atoms with Gasteiger partial charge in [-0.25, -0.2) is 0 Å². The molecule has 0 aliphatic rings. The highest BCUT2D eigenvalue weighted by molar-refractivity contribution is 7.84. The molecule has 16 nitrogen and oxygen atoms in total. The number of carbonyl (C=O) groups excluding carboxylic acids is 4. The fourth-order valence-electron chi connectivity index (χ4n) is 12.5. The standard InChI is InChI=1S/C77H88O16P4/c1-53-41-57(5)69(58(6)42-53)73(78)94(82,65-25-17-13-18-26-65)90-37-33-86-49-77(50-87-34-38-91-95(83,66-27-19-14-20-28-66)74(79)70-59(7)43-54(2)44-60(70)8,51-88-35-39-92-96(84,67-29-21-15-22-30-67)75(80)71-61(9)45-55(3)46-62(71)10)52-89-36-40-93-97(85,68-31-23-16-24-32-68)76(81)72-63(11)47-56(4)48-64(72)12/h13-32,41-48H,33-40,49-52H2,1-12H3. The molecule has 0 bridgehead atoms. The van der Waals surface area contributed by atoms with E-state index in [0.717, 1.165) is 22.3 Å². The van der Waals surface area contributed by atoms with Crippen molar-refractivity contribution in [3.8, 4) is 0 Å². The van der Waals surface area contributed by atoms with Crippen molar-refractivity contribution in [1.82, 2.24) is 0 Å². The van der Waals surface area contributed by atoms with Crippen LogP contribution in [-0.4, -0.2) is 101 Å². The van der Waals surface area contributed by atoms with Gasteiger partial charge < -0.3 is 37.0 Å². The van der Waals surface area contributed by atoms with Gasteiger partial charge in [0.15, 0.2) is 0 Å². The lowest BCUT2D eigenvalue weighted by Gasteiger charge is -2.33. The van der Waals surface area contributed by atoms with Crippen LogP contribution in [0.15, 0.2) is 170 Å². The predicted molar refractivity (Wildman–Crippen MR) is 384 cm³/mol. The second-order valence-electron chi connectivity index (χ2n) is 24.9. The summed E-state index contributed by atoms with van der Waals surface area (Å²) >= 11 is 0. The Morgan fingerprint density at radius 2 is 0.433 bits per heavy atom. The summed E-state index contributed by atoms with van der Waals surface area (Å²) in [5.41, 5.74) is 6.05. The number of rotatable bonds is 36. The van der Waals surface area contributed by atoms with E-state index in [2.05, 4.69) is 0 Å². The number of hydrogen-bond donors (Lipinski definition) is 0. The molecule has 8 aromatic carbocycles. The molecule has 0 radical (unpaired) electrons. The Morgan fingerprint density at radius 3 is 0.598 bits per heavy atom. The Labute approximate surface area is 570 Å². The summed E-state index contributed by atoms with van der Waals surface area (Å²) in [6, 6.07) is 47.9. The number of hydrogen-bond acceptors (Lipinski definition) is 16. The van der Waals surface area contributed by atoms with Gasteiger partial charge in [0.2, 0.25) is 0 Å². The molecule has 4 unspecified atom stereocenters. The predicted octanol–water partition coefficient (Wildman–Crippen LogP) is 15.6. The molecule has 4 atom stereocenters. The molecule has 0 saturated heterocycles. The van der Waals surface area contributed by atoms with E-state index in [-0.39, 0.29) is 101 Å². The van der Waals surface area contributed by atoms with Crippen LogP contribution >= 0.6 is 29.5 Å². The summed E-state index contributed by atoms with van der Waals surface area (Å²) in [7, 11) is -17.2. The first kappa shape index (κ1) is 75.8. The average molecular weight is 1390 g/mol. The third-order valence-electron chi connectivity index (χ3n) is 16.7. The highest BCUT2D eigenvalue weighted by Crippen LogP contribution is 2.54. The van der Waals surface area contributed by atoms with Crippen LogP contribution in [-0.2, 0) is 55.3 Å². The van der Waals surface area contributed by atoms with E-state index in [0.29, 0.717) is 66.8 Å². The highest BCUT2D eigenvalue weighted by atomic mass is 31.2. The van der Waals surface area contributed by atoms with Crippen molar-refractivity contribution < 1.29 is 74.5 Å². The Kier molecular flexibility index (Phi) is 26.4. The third-order valence-corrected chi connectivity index (χ3v) is 25.8. The van der Waals surface area contributed by atoms with Crippen molar-refractivity contribution in [2.45, 2.75) is 83.1 Å². The molecular weight excluding hydrogens is 1300 g/mol. The molecule has 0 aliphatic heterocycles. The lowest BCUT2D eigenvalue weighted by atomic mass is 9.92. The minimum atomic E-state index is -4.30. The van der Waals surface area contributed by atoms with Crippen LogP contribution in [0.2, 0.25) is 0 Å². The van der Waals surface area contributed by atoms with Crippen molar-refractivity contribution in [3.05, 3.63) is 259 Å². The summed E-state index contributed by atoms with van der Waals surface area (Å²) in [5, 5.41) is 0.791. The third kappa shape index (κ3) is 18.1. The molecule has 0 saturated carbocycles. The lowest BCUT2D eigenvalue weighted by Crippen LogP contribution is -2.43. The number of benzene rings is 8. The van der Waals surface area contributed by atoms with E-state index in [4.69, 9.17) is 37.0 Å². The van der Waals surface area contributed by atoms with Crippen LogP contribution in [0.3, 0.4) is 0 Å². The molecule has 0 spiro atoms. The van der Waals surface area contributed by atoms with Crippen LogP contribution in [0.25, 0.3) is 0 Å². The van der Waals surface area contributed by atoms with Gasteiger partial charge in [-0.2, -0.15) is 0 Å². The average Bonchev–Trinajstić information content (AvgIpc) is 0.803. The van der Waals surface area contributed by atoms with Gasteiger partial charge in [0.1, 0.15) is 0 Å². The minimum Gasteiger partial charge on any atom is -0.378 e. The molecule has 20 heteroatoms. The largest absolute Gasteiger partial charge is 0.378 e. The Hall–Kier alpha value is -6.96. The lowest BCUT2D eigenvalue weighted by molar-refractivity contribution is -0.113. The van der Waals surface area contributed by atoms with Crippen molar-refractivity contribution in [1.29, 1.82) is 0 Å². The molecule has 0 aromatic heterocycles. The Morgan fingerprint density at radius 1 is 0.268 bits per heavy atom. The smallest absolute Gasteiger partial charge is 0.300 e. The maximum atomic E-state index is 15.2. The van der Waals surface area contributed by atoms with Gasteiger partial charge >= 0.3 is 29.5 Å². The minimum absolute atomic E-state index is 0.198. The first-order valence-electron chi connectivity index (χ1n) is 32.2. The van der Waals surface area contributed by atoms with Gasteiger partial charge in [-0.3, -0.25) is 37.4 Å². The number of ether oxygens (including phenoxy) is 4. The second-order valence-corrected chi connectivity index (χ2v) is 34.0. The highest BCUT2D eigenvalue weighted by Gasteiger charge is 2.43. The van der Waals surface area contributed by atoms with E-state index in [1.807, 2.05) is 76.2 Å². The number of aryl methyl sites for hydroxylation is 12. The first-order valence-corrected chi connectivity index (χ1v) is 38.7. The zero-order valence-corrected chi connectivity index (χ0v) is 61.0. The molecule has 0 fully saturated rings. The second kappa shape index (κ2) is 33.7. The molecule has 0 heterocycles. The monoisotopic (exact) mass is 1390 g/mol. The molecule has 512 valence electrons. The van der Waals surface area contributed by atoms with Crippen LogP contribution < -0.4 is 21.2 Å². The zero-order valence-electron chi connectivity index (χ0n) is 57.5. The van der Waals surface area contributed by atoms with Gasteiger partial charge in [-0.05, 0) is 176 Å². The van der Waals surface area contributed by atoms with Crippen LogP contribution in [0.1, 0.15) is 108 Å². The zero-order chi connectivity index (χ0) is 70.3. The van der Waals surface area contributed by atoms with Crippen LogP contribution in [0.5, 0.6) is 0 Å². The summed E-state index contributed by atoms with van der Waals surface area (Å²) in [5.74, 6) is 0. The van der Waals surface area contributed by atoms with Gasteiger partial charge in [0.05, 0.1) is 84.7 Å². The summed E-state index contributed by atoms with van der Waals surface area (Å²) in [6.45, 7) is 18.8. The van der Waals surface area contributed by atoms with Crippen LogP contribution in [0.4, 0.5) is 0 Å². The SMILES string of the molecule is Cc1cc(C)c(C(=O)P(=O)(OCCOCC(COCCOP(=O)(C(=O)c2c(C)cc(C)cc2C)c2ccccc2)(COCCOP(=O)(C(=O)c2c(C)cc(C)cc2C)c2ccccc2)COCCOP(=O)(C(=O)c2c(C)cc(C)cc2C)c2ccccc2)c2ccccc2)c(C)c1. The van der Waals surface area contributed by atoms with Crippen molar-refractivity contribution in [3.63, 3.8) is 0 Å². The van der Waals surface area contributed by atoms with Crippen molar-refractivity contribution >= 4 is 72.8 Å². The Balaban J connectivity index is 1.10. The quantitative estimate of drug-likeness (QED) is 0.0264. The molecule has 0 amide bonds. The summed E-state index contributed by atoms with van der Waals surface area (Å²) in [4.78, 5) is 58.5. The normalized spacial score (nSPS) is 14.7. The van der Waals surface area contributed by atoms with Gasteiger partial charge in [0.25, 0.3) is 22.1 Å². The van der Waals surface area contributed by atoms with E-state index >= 15 is 18.3 Å². The molecular formula is C77H88O16P4. The summed E-state index contributed by atoms with van der Waals surface area (Å²) in [6.07, 6.45) is 0. The van der Waals surface area contributed by atoms with E-state index in [1.165, 1.54) is 0 Å². The van der Waals surface area contributed by atoms with Gasteiger partial charge in [0, 0.05) is 43.5 Å². The molecule has 8 aromatic rings. The summed E-state index contributed by atoms with van der Waals surface area (Å²) < 4.78 is 112. The fraction of sp³-hybridized carbons (Fsp3) is 0.325. The van der Waals surface area contributed by atoms with E-state index in [1.54, 1.807) is 177 Å². The molecule has 97 heavy (non-hydrogen) atoms. The van der Waals surface area contributed by atoms with Gasteiger partial charge in [-0.15, -0.1) is 0 Å². The first-order chi connectivity index (χ1) is 46.2. The Bertz CT molecular complexity index is 3680. The molecule has 0 N–H and O–H groups in total. The van der Waals surface area contributed by atoms with Crippen molar-refractivity contribution in [2.75, 3.05) is 79.3 Å². The fourth-order valence-corrected chi connectivity index (χ4v) is 20.6. The topological polar surface area (TPSA) is 210 Å².